The minimum Gasteiger partial charge on any atom is -0.281 e. The average Bonchev–Trinajstić information content (AvgIpc) is 2.53. The monoisotopic (exact) mass is 278 g/mol. The standard InChI is InChI=1S/C17H14N2O2/c1-13(20)19(21)17-10-8-15(9-11-17)3-2-14-4-6-16(12-18)7-5-14/h2-11,21H,1H3/b3-2+. The van der Waals surface area contributed by atoms with Gasteiger partial charge in [0, 0.05) is 6.92 Å². The van der Waals surface area contributed by atoms with Gasteiger partial charge in [0.15, 0.2) is 0 Å². The minimum absolute atomic E-state index is 0.429. The molecule has 0 bridgehead atoms. The van der Waals surface area contributed by atoms with Crippen LogP contribution in [0.2, 0.25) is 0 Å². The molecule has 2 rings (SSSR count). The predicted octanol–water partition coefficient (Wildman–Crippen LogP) is 3.47. The highest BCUT2D eigenvalue weighted by Crippen LogP contribution is 2.16. The highest BCUT2D eigenvalue weighted by Gasteiger charge is 2.06. The zero-order valence-corrected chi connectivity index (χ0v) is 11.5. The van der Waals surface area contributed by atoms with Crippen LogP contribution in [-0.4, -0.2) is 11.1 Å². The Morgan fingerprint density at radius 2 is 1.52 bits per heavy atom. The van der Waals surface area contributed by atoms with E-state index in [2.05, 4.69) is 6.07 Å². The lowest BCUT2D eigenvalue weighted by atomic mass is 10.1. The Hall–Kier alpha value is -2.90. The van der Waals surface area contributed by atoms with Gasteiger partial charge in [-0.15, -0.1) is 0 Å². The number of anilines is 1. The fourth-order valence-electron chi connectivity index (χ4n) is 1.77. The van der Waals surface area contributed by atoms with Gasteiger partial charge in [-0.1, -0.05) is 36.4 Å². The lowest BCUT2D eigenvalue weighted by Gasteiger charge is -2.12. The molecule has 0 saturated heterocycles. The molecule has 0 radical (unpaired) electrons. The Balaban J connectivity index is 2.10. The van der Waals surface area contributed by atoms with Crippen molar-refractivity contribution in [3.63, 3.8) is 0 Å². The summed E-state index contributed by atoms with van der Waals surface area (Å²) in [7, 11) is 0. The van der Waals surface area contributed by atoms with Crippen LogP contribution in [0.1, 0.15) is 23.6 Å². The average molecular weight is 278 g/mol. The van der Waals surface area contributed by atoms with Gasteiger partial charge in [-0.3, -0.25) is 10.0 Å². The molecule has 21 heavy (non-hydrogen) atoms. The van der Waals surface area contributed by atoms with Crippen LogP contribution in [0.3, 0.4) is 0 Å². The van der Waals surface area contributed by atoms with Crippen LogP contribution < -0.4 is 5.06 Å². The summed E-state index contributed by atoms with van der Waals surface area (Å²) in [6.45, 7) is 1.29. The van der Waals surface area contributed by atoms with Crippen LogP contribution in [0.25, 0.3) is 12.2 Å². The molecule has 1 N–H and O–H groups in total. The number of hydrogen-bond donors (Lipinski definition) is 1. The Morgan fingerprint density at radius 3 is 1.95 bits per heavy atom. The zero-order valence-electron chi connectivity index (χ0n) is 11.5. The number of carbonyl (C=O) groups is 1. The number of hydrogen-bond acceptors (Lipinski definition) is 3. The van der Waals surface area contributed by atoms with Crippen LogP contribution >= 0.6 is 0 Å². The van der Waals surface area contributed by atoms with Crippen molar-refractivity contribution in [3.05, 3.63) is 65.2 Å². The van der Waals surface area contributed by atoms with Crippen molar-refractivity contribution >= 4 is 23.7 Å². The van der Waals surface area contributed by atoms with Gasteiger partial charge < -0.3 is 0 Å². The van der Waals surface area contributed by atoms with Crippen LogP contribution in [-0.2, 0) is 4.79 Å². The third-order valence-electron chi connectivity index (χ3n) is 2.94. The molecule has 1 amide bonds. The van der Waals surface area contributed by atoms with Crippen molar-refractivity contribution in [2.75, 3.05) is 5.06 Å². The summed E-state index contributed by atoms with van der Waals surface area (Å²) in [4.78, 5) is 11.0. The van der Waals surface area contributed by atoms with E-state index in [1.54, 1.807) is 24.3 Å². The lowest BCUT2D eigenvalue weighted by molar-refractivity contribution is -0.121. The van der Waals surface area contributed by atoms with Gasteiger partial charge in [-0.25, -0.2) is 0 Å². The number of rotatable bonds is 3. The molecule has 2 aromatic rings. The summed E-state index contributed by atoms with van der Waals surface area (Å²) in [5.74, 6) is -0.434. The third-order valence-corrected chi connectivity index (χ3v) is 2.94. The van der Waals surface area contributed by atoms with Crippen molar-refractivity contribution < 1.29 is 10.0 Å². The van der Waals surface area contributed by atoms with E-state index in [9.17, 15) is 10.0 Å². The fourth-order valence-corrected chi connectivity index (χ4v) is 1.77. The second-order valence-corrected chi connectivity index (χ2v) is 4.49. The van der Waals surface area contributed by atoms with Crippen molar-refractivity contribution in [3.8, 4) is 6.07 Å². The van der Waals surface area contributed by atoms with E-state index in [1.807, 2.05) is 36.4 Å². The van der Waals surface area contributed by atoms with E-state index in [0.29, 0.717) is 16.3 Å². The van der Waals surface area contributed by atoms with E-state index in [-0.39, 0.29) is 0 Å². The number of nitriles is 1. The van der Waals surface area contributed by atoms with Gasteiger partial charge in [-0.2, -0.15) is 10.3 Å². The largest absolute Gasteiger partial charge is 0.281 e. The number of carbonyl (C=O) groups excluding carboxylic acids is 1. The normalized spacial score (nSPS) is 10.3. The molecular formula is C17H14N2O2. The van der Waals surface area contributed by atoms with E-state index >= 15 is 0 Å². The molecule has 0 aliphatic rings. The number of hydroxylamine groups is 1. The van der Waals surface area contributed by atoms with Crippen LogP contribution in [0, 0.1) is 11.3 Å². The summed E-state index contributed by atoms with van der Waals surface area (Å²) in [6.07, 6.45) is 3.85. The lowest BCUT2D eigenvalue weighted by Crippen LogP contribution is -2.23. The summed E-state index contributed by atoms with van der Waals surface area (Å²) in [5, 5.41) is 18.8. The Bertz CT molecular complexity index is 695. The van der Waals surface area contributed by atoms with Crippen LogP contribution in [0.15, 0.2) is 48.5 Å². The van der Waals surface area contributed by atoms with Gasteiger partial charge in [0.1, 0.15) is 0 Å². The molecule has 104 valence electrons. The second kappa shape index (κ2) is 6.51. The summed E-state index contributed by atoms with van der Waals surface area (Å²) in [5.41, 5.74) is 2.99. The van der Waals surface area contributed by atoms with Gasteiger partial charge >= 0.3 is 0 Å². The molecule has 0 saturated carbocycles. The summed E-state index contributed by atoms with van der Waals surface area (Å²) in [6, 6.07) is 16.3. The Kier molecular flexibility index (Phi) is 4.50. The Labute approximate surface area is 123 Å². The molecule has 0 heterocycles. The molecule has 0 aliphatic carbocycles. The first-order chi connectivity index (χ1) is 10.1. The van der Waals surface area contributed by atoms with E-state index in [1.165, 1.54) is 6.92 Å². The zero-order chi connectivity index (χ0) is 15.2. The summed E-state index contributed by atoms with van der Waals surface area (Å²) < 4.78 is 0. The van der Waals surface area contributed by atoms with Crippen LogP contribution in [0.4, 0.5) is 5.69 Å². The topological polar surface area (TPSA) is 64.3 Å². The second-order valence-electron chi connectivity index (χ2n) is 4.49. The first kappa shape index (κ1) is 14.5. The Morgan fingerprint density at radius 1 is 1.05 bits per heavy atom. The maximum atomic E-state index is 11.0. The van der Waals surface area contributed by atoms with Crippen molar-refractivity contribution in [1.82, 2.24) is 0 Å². The molecule has 0 atom stereocenters. The third kappa shape index (κ3) is 3.78. The highest BCUT2D eigenvalue weighted by atomic mass is 16.5. The number of amides is 1. The molecule has 0 unspecified atom stereocenters. The quantitative estimate of drug-likeness (QED) is 0.531. The molecular weight excluding hydrogens is 264 g/mol. The van der Waals surface area contributed by atoms with Gasteiger partial charge in [0.05, 0.1) is 17.3 Å². The molecule has 2 aromatic carbocycles. The van der Waals surface area contributed by atoms with Crippen LogP contribution in [0.5, 0.6) is 0 Å². The highest BCUT2D eigenvalue weighted by molar-refractivity contribution is 5.89. The van der Waals surface area contributed by atoms with Gasteiger partial charge in [0.25, 0.3) is 0 Å². The maximum absolute atomic E-state index is 11.0. The van der Waals surface area contributed by atoms with Crippen molar-refractivity contribution in [2.45, 2.75) is 6.92 Å². The van der Waals surface area contributed by atoms with Crippen molar-refractivity contribution in [2.24, 2.45) is 0 Å². The van der Waals surface area contributed by atoms with Gasteiger partial charge in [0.2, 0.25) is 5.91 Å². The molecule has 0 fully saturated rings. The SMILES string of the molecule is CC(=O)N(O)c1ccc(/C=C/c2ccc(C#N)cc2)cc1. The van der Waals surface area contributed by atoms with E-state index in [4.69, 9.17) is 5.26 Å². The maximum Gasteiger partial charge on any atom is 0.247 e. The minimum atomic E-state index is -0.434. The smallest absolute Gasteiger partial charge is 0.247 e. The molecule has 0 spiro atoms. The van der Waals surface area contributed by atoms with E-state index in [0.717, 1.165) is 11.1 Å². The molecule has 4 nitrogen and oxygen atoms in total. The van der Waals surface area contributed by atoms with Gasteiger partial charge in [-0.05, 0) is 35.4 Å². The number of nitrogens with zero attached hydrogens (tertiary/aromatic N) is 2. The number of benzene rings is 2. The molecule has 0 aromatic heterocycles. The van der Waals surface area contributed by atoms with E-state index < -0.39 is 5.91 Å². The first-order valence-corrected chi connectivity index (χ1v) is 6.38. The molecule has 0 aliphatic heterocycles. The first-order valence-electron chi connectivity index (χ1n) is 6.38. The molecule has 4 heteroatoms. The van der Waals surface area contributed by atoms with Crippen molar-refractivity contribution in [1.29, 1.82) is 5.26 Å². The fraction of sp³-hybridized carbons (Fsp3) is 0.0588. The predicted molar refractivity (Wildman–Crippen MR) is 81.5 cm³/mol. The summed E-state index contributed by atoms with van der Waals surface area (Å²) >= 11 is 0.